The van der Waals surface area contributed by atoms with Crippen LogP contribution in [0.4, 0.5) is 23.0 Å². The van der Waals surface area contributed by atoms with Crippen molar-refractivity contribution in [1.29, 1.82) is 0 Å². The van der Waals surface area contributed by atoms with Gasteiger partial charge in [0.15, 0.2) is 5.65 Å². The number of benzene rings is 2. The lowest BCUT2D eigenvalue weighted by Gasteiger charge is -2.56. The molecule has 3 heterocycles. The summed E-state index contributed by atoms with van der Waals surface area (Å²) in [5.41, 5.74) is 4.02. The molecule has 5 aliphatic rings. The van der Waals surface area contributed by atoms with E-state index in [0.717, 1.165) is 67.1 Å². The molecule has 1 saturated heterocycles. The number of hydrogen-bond acceptors (Lipinski definition) is 11. The number of methoxy groups -OCH3 is 1. The predicted octanol–water partition coefficient (Wildman–Crippen LogP) is 5.84. The van der Waals surface area contributed by atoms with Crippen LogP contribution in [0, 0.1) is 30.1 Å². The van der Waals surface area contributed by atoms with E-state index in [1.165, 1.54) is 49.2 Å². The lowest BCUT2D eigenvalue weighted by Crippen LogP contribution is -2.48. The highest BCUT2D eigenvalue weighted by atomic mass is 16.5. The first-order valence-electron chi connectivity index (χ1n) is 21.5. The fourth-order valence-corrected chi connectivity index (χ4v) is 10.5. The molecule has 2 amide bonds. The first-order valence-corrected chi connectivity index (χ1v) is 21.5. The fourth-order valence-electron chi connectivity index (χ4n) is 10.5. The number of hydrogen-bond donors (Lipinski definition) is 3. The second-order valence-electron chi connectivity index (χ2n) is 17.2. The Kier molecular flexibility index (Phi) is 12.8. The van der Waals surface area contributed by atoms with Gasteiger partial charge in [0.2, 0.25) is 17.8 Å². The van der Waals surface area contributed by atoms with Gasteiger partial charge in [-0.15, -0.1) is 0 Å². The average Bonchev–Trinajstić information content (AvgIpc) is 3.23. The summed E-state index contributed by atoms with van der Waals surface area (Å²) in [5, 5.41) is 9.87. The summed E-state index contributed by atoms with van der Waals surface area (Å²) in [5.74, 6) is 3.39. The Morgan fingerprint density at radius 3 is 2.37 bits per heavy atom. The zero-order chi connectivity index (χ0) is 41.6. The number of nitrogens with zero attached hydrogens (tertiary/aromatic N) is 5. The maximum absolute atomic E-state index is 13.4. The van der Waals surface area contributed by atoms with Crippen molar-refractivity contribution in [1.82, 2.24) is 24.8 Å². The third kappa shape index (κ3) is 9.66. The highest BCUT2D eigenvalue weighted by Gasteiger charge is 2.51. The molecule has 4 saturated carbocycles. The molecule has 1 aliphatic heterocycles. The molecular weight excluding hydrogens is 761 g/mol. The third-order valence-electron chi connectivity index (χ3n) is 12.9. The minimum absolute atomic E-state index is 0.196. The van der Waals surface area contributed by atoms with Crippen LogP contribution < -0.4 is 31.1 Å². The number of pyridine rings is 1. The van der Waals surface area contributed by atoms with E-state index < -0.39 is 0 Å². The number of amides is 2. The molecule has 3 N–H and O–H groups in total. The monoisotopic (exact) mass is 818 g/mol. The number of rotatable bonds is 18. The molecular formula is C46H58N8O6. The van der Waals surface area contributed by atoms with Gasteiger partial charge in [-0.3, -0.25) is 23.9 Å². The van der Waals surface area contributed by atoms with E-state index in [2.05, 4.69) is 43.4 Å². The summed E-state index contributed by atoms with van der Waals surface area (Å²) in [4.78, 5) is 52.2. The van der Waals surface area contributed by atoms with Crippen LogP contribution in [-0.4, -0.2) is 104 Å². The third-order valence-corrected chi connectivity index (χ3v) is 12.9. The molecule has 60 heavy (non-hydrogen) atoms. The summed E-state index contributed by atoms with van der Waals surface area (Å²) in [6, 6.07) is 14.6. The van der Waals surface area contributed by atoms with Gasteiger partial charge < -0.3 is 35.1 Å². The minimum Gasteiger partial charge on any atom is -0.494 e. The minimum atomic E-state index is -0.348. The first-order chi connectivity index (χ1) is 29.2. The molecule has 2 aromatic carbocycles. The summed E-state index contributed by atoms with van der Waals surface area (Å²) in [7, 11) is 1.63. The van der Waals surface area contributed by atoms with E-state index in [-0.39, 0.29) is 22.8 Å². The summed E-state index contributed by atoms with van der Waals surface area (Å²) >= 11 is 0. The molecule has 0 spiro atoms. The van der Waals surface area contributed by atoms with E-state index in [4.69, 9.17) is 19.2 Å². The SMILES string of the molecule is C=CC(=O)Nc1cccc(-n2c(=O)cc(C)c3cnc(Nc4ccc(N5CCN(CCOCCOCCNC(=O)CC67CC8CC(CC(C8)C6)C7)CC5)cc4OC)nc32)c1. The molecule has 318 valence electrons. The number of fused-ring (bicyclic) bond motifs is 1. The number of aryl methyl sites for hydroxylation is 1. The van der Waals surface area contributed by atoms with Crippen LogP contribution in [0.25, 0.3) is 16.7 Å². The smallest absolute Gasteiger partial charge is 0.257 e. The van der Waals surface area contributed by atoms with Gasteiger partial charge >= 0.3 is 0 Å². The van der Waals surface area contributed by atoms with Gasteiger partial charge in [0, 0.05) is 80.8 Å². The molecule has 2 aromatic heterocycles. The Morgan fingerprint density at radius 2 is 1.65 bits per heavy atom. The van der Waals surface area contributed by atoms with Crippen molar-refractivity contribution in [2.24, 2.45) is 23.2 Å². The Hall–Kier alpha value is -5.31. The van der Waals surface area contributed by atoms with Gasteiger partial charge in [0.25, 0.3) is 5.56 Å². The molecule has 4 aliphatic carbocycles. The average molecular weight is 819 g/mol. The summed E-state index contributed by atoms with van der Waals surface area (Å²) < 4.78 is 18.9. The van der Waals surface area contributed by atoms with E-state index in [0.29, 0.717) is 73.8 Å². The van der Waals surface area contributed by atoms with Crippen molar-refractivity contribution in [3.8, 4) is 11.4 Å². The van der Waals surface area contributed by atoms with Crippen LogP contribution in [0.5, 0.6) is 5.75 Å². The van der Waals surface area contributed by atoms with Crippen LogP contribution >= 0.6 is 0 Å². The largest absolute Gasteiger partial charge is 0.494 e. The van der Waals surface area contributed by atoms with Crippen LogP contribution in [0.2, 0.25) is 0 Å². The Bertz CT molecular complexity index is 2220. The molecule has 0 unspecified atom stereocenters. The van der Waals surface area contributed by atoms with Gasteiger partial charge in [-0.25, -0.2) is 4.98 Å². The maximum atomic E-state index is 13.4. The quantitative estimate of drug-likeness (QED) is 0.0820. The Balaban J connectivity index is 0.769. The van der Waals surface area contributed by atoms with Crippen molar-refractivity contribution in [3.63, 3.8) is 0 Å². The second kappa shape index (κ2) is 18.5. The van der Waals surface area contributed by atoms with Gasteiger partial charge in [-0.2, -0.15) is 4.98 Å². The highest BCUT2D eigenvalue weighted by Crippen LogP contribution is 2.61. The molecule has 4 aromatic rings. The first kappa shape index (κ1) is 41.4. The fraction of sp³-hybridized carbons (Fsp3) is 0.500. The lowest BCUT2D eigenvalue weighted by molar-refractivity contribution is -0.129. The lowest BCUT2D eigenvalue weighted by atomic mass is 9.49. The molecule has 14 nitrogen and oxygen atoms in total. The van der Waals surface area contributed by atoms with Crippen molar-refractivity contribution in [2.45, 2.75) is 51.9 Å². The number of carbonyl (C=O) groups excluding carboxylic acids is 2. The van der Waals surface area contributed by atoms with Gasteiger partial charge in [0.1, 0.15) is 5.75 Å². The van der Waals surface area contributed by atoms with Crippen LogP contribution in [0.1, 0.15) is 50.5 Å². The van der Waals surface area contributed by atoms with Crippen LogP contribution in [0.15, 0.2) is 72.2 Å². The second-order valence-corrected chi connectivity index (χ2v) is 17.2. The normalized spacial score (nSPS) is 22.2. The number of nitrogens with one attached hydrogen (secondary N) is 3. The molecule has 14 heteroatoms. The van der Waals surface area contributed by atoms with E-state index in [9.17, 15) is 14.4 Å². The van der Waals surface area contributed by atoms with E-state index in [1.54, 1.807) is 43.6 Å². The number of piperazine rings is 1. The number of anilines is 4. The molecule has 4 bridgehead atoms. The van der Waals surface area contributed by atoms with Crippen LogP contribution in [-0.2, 0) is 19.1 Å². The van der Waals surface area contributed by atoms with E-state index in [1.807, 2.05) is 19.1 Å². The highest BCUT2D eigenvalue weighted by molar-refractivity contribution is 5.99. The molecule has 0 radical (unpaired) electrons. The molecule has 0 atom stereocenters. The molecule has 9 rings (SSSR count). The maximum Gasteiger partial charge on any atom is 0.257 e. The Morgan fingerprint density at radius 1 is 0.917 bits per heavy atom. The van der Waals surface area contributed by atoms with E-state index >= 15 is 0 Å². The van der Waals surface area contributed by atoms with Crippen molar-refractivity contribution in [2.75, 3.05) is 88.3 Å². The number of ether oxygens (including phenoxy) is 3. The molecule has 5 fully saturated rings. The van der Waals surface area contributed by atoms with Gasteiger partial charge in [-0.05, 0) is 111 Å². The van der Waals surface area contributed by atoms with Gasteiger partial charge in [-0.1, -0.05) is 12.6 Å². The predicted molar refractivity (Wildman–Crippen MR) is 233 cm³/mol. The zero-order valence-electron chi connectivity index (χ0n) is 34.9. The topological polar surface area (TPSA) is 152 Å². The Labute approximate surface area is 351 Å². The number of carbonyl (C=O) groups is 2. The van der Waals surface area contributed by atoms with Crippen molar-refractivity contribution >= 4 is 45.9 Å². The number of aromatic nitrogens is 3. The summed E-state index contributed by atoms with van der Waals surface area (Å²) in [6.07, 6.45) is 11.6. The van der Waals surface area contributed by atoms with Crippen molar-refractivity contribution < 1.29 is 23.8 Å². The standard InChI is InChI=1S/C46H58N8O6/c1-4-41(55)49-35-6-5-7-37(24-35)54-43(57)20-31(2)38-30-48-45(51-44(38)54)50-39-9-8-36(25-40(39)58-3)53-13-11-52(12-14-53)15-17-60-19-18-59-16-10-47-42(56)29-46-26-32-21-33(27-46)23-34(22-32)28-46/h4-9,20,24-25,30,32-34H,1,10-19,21-23,26-29H2,2-3H3,(H,47,56)(H,49,55)(H,48,50,51). The van der Waals surface area contributed by atoms with Crippen molar-refractivity contribution in [3.05, 3.63) is 83.3 Å². The summed E-state index contributed by atoms with van der Waals surface area (Å²) in [6.45, 7) is 12.6. The van der Waals surface area contributed by atoms with Crippen LogP contribution in [0.3, 0.4) is 0 Å². The zero-order valence-corrected chi connectivity index (χ0v) is 34.9. The van der Waals surface area contributed by atoms with Gasteiger partial charge in [0.05, 0.1) is 44.9 Å².